The van der Waals surface area contributed by atoms with Gasteiger partial charge in [-0.05, 0) is 12.3 Å². The Hall–Kier alpha value is -1.16. The third kappa shape index (κ3) is 1.46. The summed E-state index contributed by atoms with van der Waals surface area (Å²) in [6.45, 7) is 5.34. The van der Waals surface area contributed by atoms with Gasteiger partial charge in [0.2, 0.25) is 0 Å². The van der Waals surface area contributed by atoms with Crippen LogP contribution in [0.1, 0.15) is 31.1 Å². The molecule has 1 aromatic heterocycles. The third-order valence-corrected chi connectivity index (χ3v) is 2.71. The average Bonchev–Trinajstić information content (AvgIpc) is 2.17. The van der Waals surface area contributed by atoms with Crippen LogP contribution in [0.3, 0.4) is 0 Å². The van der Waals surface area contributed by atoms with Crippen LogP contribution in [0.5, 0.6) is 0 Å². The van der Waals surface area contributed by atoms with E-state index in [2.05, 4.69) is 29.1 Å². The Morgan fingerprint density at radius 3 is 3.00 bits per heavy atom. The van der Waals surface area contributed by atoms with Gasteiger partial charge in [-0.1, -0.05) is 13.8 Å². The summed E-state index contributed by atoms with van der Waals surface area (Å²) in [5, 5.41) is 3.46. The summed E-state index contributed by atoms with van der Waals surface area (Å²) in [6.07, 6.45) is 2.49. The van der Waals surface area contributed by atoms with Crippen LogP contribution in [0.4, 0.5) is 5.82 Å². The molecule has 3 N–H and O–H groups in total. The number of nitrogen functional groups attached to an aromatic ring is 1. The zero-order valence-electron chi connectivity index (χ0n) is 8.62. The van der Waals surface area contributed by atoms with Gasteiger partial charge >= 0.3 is 0 Å². The van der Waals surface area contributed by atoms with Gasteiger partial charge < -0.3 is 11.1 Å². The number of rotatable bonds is 1. The molecule has 2 heterocycles. The van der Waals surface area contributed by atoms with Gasteiger partial charge in [0.1, 0.15) is 12.1 Å². The van der Waals surface area contributed by atoms with Crippen molar-refractivity contribution in [3.63, 3.8) is 0 Å². The fourth-order valence-corrected chi connectivity index (χ4v) is 1.97. The summed E-state index contributed by atoms with van der Waals surface area (Å²) in [7, 11) is 0. The lowest BCUT2D eigenvalue weighted by atomic mass is 9.92. The normalized spacial score (nSPS) is 20.9. The highest BCUT2D eigenvalue weighted by Crippen LogP contribution is 2.28. The molecule has 0 aliphatic carbocycles. The lowest BCUT2D eigenvalue weighted by molar-refractivity contribution is 0.385. The van der Waals surface area contributed by atoms with Gasteiger partial charge in [0, 0.05) is 12.1 Å². The molecule has 0 fully saturated rings. The molecular weight excluding hydrogens is 176 g/mol. The van der Waals surface area contributed by atoms with E-state index < -0.39 is 0 Å². The molecule has 0 bridgehead atoms. The first-order chi connectivity index (χ1) is 6.70. The zero-order chi connectivity index (χ0) is 10.1. The van der Waals surface area contributed by atoms with Crippen molar-refractivity contribution in [3.05, 3.63) is 17.6 Å². The van der Waals surface area contributed by atoms with Crippen molar-refractivity contribution in [2.24, 2.45) is 5.92 Å². The van der Waals surface area contributed by atoms with Crippen LogP contribution in [-0.2, 0) is 6.42 Å². The molecule has 1 unspecified atom stereocenters. The molecule has 1 aromatic rings. The first-order valence-electron chi connectivity index (χ1n) is 5.02. The molecule has 0 amide bonds. The van der Waals surface area contributed by atoms with E-state index in [4.69, 9.17) is 5.73 Å². The molecular formula is C10H16N4. The van der Waals surface area contributed by atoms with Crippen LogP contribution in [0.2, 0.25) is 0 Å². The SMILES string of the molecule is CC(C)C1NCCc2c(N)ncnc21. The maximum Gasteiger partial charge on any atom is 0.130 e. The second-order valence-electron chi connectivity index (χ2n) is 4.05. The first kappa shape index (κ1) is 9.40. The summed E-state index contributed by atoms with van der Waals surface area (Å²) in [5.74, 6) is 1.17. The van der Waals surface area contributed by atoms with Gasteiger partial charge in [-0.15, -0.1) is 0 Å². The zero-order valence-corrected chi connectivity index (χ0v) is 8.62. The van der Waals surface area contributed by atoms with Crippen molar-refractivity contribution in [3.8, 4) is 0 Å². The van der Waals surface area contributed by atoms with Gasteiger partial charge in [-0.2, -0.15) is 0 Å². The van der Waals surface area contributed by atoms with Gasteiger partial charge in [0.25, 0.3) is 0 Å². The lowest BCUT2D eigenvalue weighted by Gasteiger charge is -2.28. The summed E-state index contributed by atoms with van der Waals surface area (Å²) >= 11 is 0. The number of aromatic nitrogens is 2. The van der Waals surface area contributed by atoms with Crippen LogP contribution in [-0.4, -0.2) is 16.5 Å². The maximum atomic E-state index is 5.82. The molecule has 4 nitrogen and oxygen atoms in total. The summed E-state index contributed by atoms with van der Waals surface area (Å²) < 4.78 is 0. The van der Waals surface area contributed by atoms with Crippen molar-refractivity contribution in [2.45, 2.75) is 26.3 Å². The minimum absolute atomic E-state index is 0.323. The molecule has 0 saturated heterocycles. The topological polar surface area (TPSA) is 63.8 Å². The monoisotopic (exact) mass is 192 g/mol. The van der Waals surface area contributed by atoms with Gasteiger partial charge in [-0.25, -0.2) is 9.97 Å². The van der Waals surface area contributed by atoms with Crippen molar-refractivity contribution in [2.75, 3.05) is 12.3 Å². The van der Waals surface area contributed by atoms with Crippen LogP contribution in [0, 0.1) is 5.92 Å². The van der Waals surface area contributed by atoms with Gasteiger partial charge in [0.05, 0.1) is 11.7 Å². The van der Waals surface area contributed by atoms with E-state index in [1.807, 2.05) is 0 Å². The highest BCUT2D eigenvalue weighted by molar-refractivity contribution is 5.43. The predicted molar refractivity (Wildman–Crippen MR) is 55.7 cm³/mol. The van der Waals surface area contributed by atoms with Crippen molar-refractivity contribution >= 4 is 5.82 Å². The summed E-state index contributed by atoms with van der Waals surface area (Å²) in [6, 6.07) is 0.323. The lowest BCUT2D eigenvalue weighted by Crippen LogP contribution is -2.34. The van der Waals surface area contributed by atoms with Crippen LogP contribution >= 0.6 is 0 Å². The molecule has 2 rings (SSSR count). The molecule has 1 aliphatic heterocycles. The predicted octanol–water partition coefficient (Wildman–Crippen LogP) is 0.902. The summed E-state index contributed by atoms with van der Waals surface area (Å²) in [5.41, 5.74) is 8.04. The fraction of sp³-hybridized carbons (Fsp3) is 0.600. The van der Waals surface area contributed by atoms with E-state index in [0.29, 0.717) is 17.8 Å². The first-order valence-corrected chi connectivity index (χ1v) is 5.02. The Labute approximate surface area is 83.9 Å². The Kier molecular flexibility index (Phi) is 2.37. The van der Waals surface area contributed by atoms with Crippen molar-refractivity contribution in [1.82, 2.24) is 15.3 Å². The molecule has 4 heteroatoms. The number of anilines is 1. The number of nitrogens with two attached hydrogens (primary N) is 1. The van der Waals surface area contributed by atoms with E-state index in [1.165, 1.54) is 0 Å². The molecule has 0 radical (unpaired) electrons. The molecule has 1 atom stereocenters. The van der Waals surface area contributed by atoms with E-state index in [1.54, 1.807) is 6.33 Å². The third-order valence-electron chi connectivity index (χ3n) is 2.71. The average molecular weight is 192 g/mol. The number of nitrogens with zero attached hydrogens (tertiary/aromatic N) is 2. The van der Waals surface area contributed by atoms with E-state index in [0.717, 1.165) is 24.2 Å². The number of nitrogens with one attached hydrogen (secondary N) is 1. The molecule has 1 aliphatic rings. The standard InChI is InChI=1S/C10H16N4/c1-6(2)8-9-7(3-4-12-8)10(11)14-5-13-9/h5-6,8,12H,3-4H2,1-2H3,(H2,11,13,14). The summed E-state index contributed by atoms with van der Waals surface area (Å²) in [4.78, 5) is 8.35. The Morgan fingerprint density at radius 1 is 1.50 bits per heavy atom. The Bertz CT molecular complexity index is 335. The largest absolute Gasteiger partial charge is 0.383 e. The quantitative estimate of drug-likeness (QED) is 0.694. The van der Waals surface area contributed by atoms with Crippen molar-refractivity contribution < 1.29 is 0 Å². The van der Waals surface area contributed by atoms with E-state index in [-0.39, 0.29) is 0 Å². The maximum absolute atomic E-state index is 5.82. The van der Waals surface area contributed by atoms with Gasteiger partial charge in [-0.3, -0.25) is 0 Å². The molecule has 14 heavy (non-hydrogen) atoms. The number of hydrogen-bond donors (Lipinski definition) is 2. The van der Waals surface area contributed by atoms with E-state index in [9.17, 15) is 0 Å². The fourth-order valence-electron chi connectivity index (χ4n) is 1.97. The highest BCUT2D eigenvalue weighted by atomic mass is 15.0. The smallest absolute Gasteiger partial charge is 0.130 e. The van der Waals surface area contributed by atoms with Crippen LogP contribution in [0.15, 0.2) is 6.33 Å². The van der Waals surface area contributed by atoms with Gasteiger partial charge in [0.15, 0.2) is 0 Å². The molecule has 76 valence electrons. The van der Waals surface area contributed by atoms with E-state index >= 15 is 0 Å². The van der Waals surface area contributed by atoms with Crippen molar-refractivity contribution in [1.29, 1.82) is 0 Å². The highest BCUT2D eigenvalue weighted by Gasteiger charge is 2.25. The molecule has 0 aromatic carbocycles. The Morgan fingerprint density at radius 2 is 2.29 bits per heavy atom. The number of hydrogen-bond acceptors (Lipinski definition) is 4. The molecule has 0 spiro atoms. The molecule has 0 saturated carbocycles. The van der Waals surface area contributed by atoms with Crippen LogP contribution in [0.25, 0.3) is 0 Å². The number of fused-ring (bicyclic) bond motifs is 1. The Balaban J connectivity index is 2.44. The minimum Gasteiger partial charge on any atom is -0.383 e. The minimum atomic E-state index is 0.323. The second kappa shape index (κ2) is 3.53. The second-order valence-corrected chi connectivity index (χ2v) is 4.05. The van der Waals surface area contributed by atoms with Crippen LogP contribution < -0.4 is 11.1 Å².